The Bertz CT molecular complexity index is 514. The monoisotopic (exact) mass is 266 g/mol. The highest BCUT2D eigenvalue weighted by Crippen LogP contribution is 2.42. The largest absolute Gasteiger partial charge is 0.487 e. The second-order valence-corrected chi connectivity index (χ2v) is 5.45. The molecule has 1 heterocycles. The summed E-state index contributed by atoms with van der Waals surface area (Å²) in [6.45, 7) is 4.28. The molecule has 0 fully saturated rings. The summed E-state index contributed by atoms with van der Waals surface area (Å²) < 4.78 is 19.6. The van der Waals surface area contributed by atoms with Gasteiger partial charge in [-0.1, -0.05) is 0 Å². The number of nitrogens with two attached hydrogens (primary N) is 1. The molecule has 1 aliphatic heterocycles. The SMILES string of the molecule is CNC(=O)c1cc(F)cc2c1OC(C)(C)CC2CN. The summed E-state index contributed by atoms with van der Waals surface area (Å²) in [5.41, 5.74) is 6.26. The van der Waals surface area contributed by atoms with E-state index in [1.807, 2.05) is 13.8 Å². The normalized spacial score (nSPS) is 20.4. The van der Waals surface area contributed by atoms with Crippen molar-refractivity contribution in [3.63, 3.8) is 0 Å². The van der Waals surface area contributed by atoms with Crippen molar-refractivity contribution in [2.24, 2.45) is 5.73 Å². The molecular weight excluding hydrogens is 247 g/mol. The first-order valence-electron chi connectivity index (χ1n) is 6.32. The van der Waals surface area contributed by atoms with Crippen LogP contribution in [0.25, 0.3) is 0 Å². The van der Waals surface area contributed by atoms with Crippen LogP contribution in [-0.2, 0) is 0 Å². The van der Waals surface area contributed by atoms with Crippen molar-refractivity contribution in [1.29, 1.82) is 0 Å². The molecule has 4 nitrogen and oxygen atoms in total. The minimum atomic E-state index is -0.445. The van der Waals surface area contributed by atoms with Gasteiger partial charge in [-0.3, -0.25) is 4.79 Å². The van der Waals surface area contributed by atoms with Crippen LogP contribution in [0.15, 0.2) is 12.1 Å². The van der Waals surface area contributed by atoms with Crippen LogP contribution in [-0.4, -0.2) is 25.1 Å². The van der Waals surface area contributed by atoms with E-state index in [0.717, 1.165) is 0 Å². The van der Waals surface area contributed by atoms with Crippen LogP contribution in [0, 0.1) is 5.82 Å². The molecule has 3 N–H and O–H groups in total. The lowest BCUT2D eigenvalue weighted by Gasteiger charge is -2.38. The third kappa shape index (κ3) is 2.56. The second kappa shape index (κ2) is 4.81. The number of carbonyl (C=O) groups is 1. The number of benzene rings is 1. The molecule has 0 radical (unpaired) electrons. The van der Waals surface area contributed by atoms with Crippen molar-refractivity contribution in [1.82, 2.24) is 5.32 Å². The van der Waals surface area contributed by atoms with E-state index in [1.54, 1.807) is 0 Å². The minimum Gasteiger partial charge on any atom is -0.487 e. The van der Waals surface area contributed by atoms with Crippen LogP contribution in [0.2, 0.25) is 0 Å². The zero-order chi connectivity index (χ0) is 14.2. The Hall–Kier alpha value is -1.62. The summed E-state index contributed by atoms with van der Waals surface area (Å²) >= 11 is 0. The molecule has 0 aromatic heterocycles. The smallest absolute Gasteiger partial charge is 0.254 e. The van der Waals surface area contributed by atoms with Gasteiger partial charge in [0.25, 0.3) is 5.91 Å². The van der Waals surface area contributed by atoms with Gasteiger partial charge in [0.2, 0.25) is 0 Å². The minimum absolute atomic E-state index is 0.00199. The lowest BCUT2D eigenvalue weighted by molar-refractivity contribution is 0.0697. The molecule has 1 amide bonds. The Morgan fingerprint density at radius 1 is 1.58 bits per heavy atom. The molecule has 0 aliphatic carbocycles. The van der Waals surface area contributed by atoms with Gasteiger partial charge in [0.15, 0.2) is 0 Å². The van der Waals surface area contributed by atoms with E-state index in [4.69, 9.17) is 10.5 Å². The number of fused-ring (bicyclic) bond motifs is 1. The van der Waals surface area contributed by atoms with Crippen molar-refractivity contribution in [3.05, 3.63) is 29.1 Å². The number of carbonyl (C=O) groups excluding carboxylic acids is 1. The van der Waals surface area contributed by atoms with Crippen molar-refractivity contribution in [2.45, 2.75) is 31.8 Å². The van der Waals surface area contributed by atoms with Crippen molar-refractivity contribution >= 4 is 5.91 Å². The average Bonchev–Trinajstić information content (AvgIpc) is 2.36. The lowest BCUT2D eigenvalue weighted by atomic mass is 9.83. The third-order valence-electron chi connectivity index (χ3n) is 3.39. The van der Waals surface area contributed by atoms with Gasteiger partial charge < -0.3 is 15.8 Å². The molecule has 1 unspecified atom stereocenters. The Morgan fingerprint density at radius 3 is 2.84 bits per heavy atom. The standard InChI is InChI=1S/C14H19FN2O2/c1-14(2)6-8(7-16)10-4-9(15)5-11(12(10)19-14)13(18)17-3/h4-5,8H,6-7,16H2,1-3H3,(H,17,18). The average molecular weight is 266 g/mol. The maximum atomic E-state index is 13.7. The zero-order valence-corrected chi connectivity index (χ0v) is 11.4. The summed E-state index contributed by atoms with van der Waals surface area (Å²) in [6, 6.07) is 2.61. The van der Waals surface area contributed by atoms with Crippen LogP contribution in [0.1, 0.15) is 42.1 Å². The van der Waals surface area contributed by atoms with Gasteiger partial charge in [-0.25, -0.2) is 4.39 Å². The molecule has 104 valence electrons. The summed E-state index contributed by atoms with van der Waals surface area (Å²) in [7, 11) is 1.51. The number of halogens is 1. The van der Waals surface area contributed by atoms with Crippen molar-refractivity contribution < 1.29 is 13.9 Å². The predicted octanol–water partition coefficient (Wildman–Crippen LogP) is 1.79. The quantitative estimate of drug-likeness (QED) is 0.857. The van der Waals surface area contributed by atoms with Crippen LogP contribution in [0.3, 0.4) is 0 Å². The molecule has 0 saturated heterocycles. The fourth-order valence-electron chi connectivity index (χ4n) is 2.57. The van der Waals surface area contributed by atoms with Gasteiger partial charge in [-0.05, 0) is 38.9 Å². The Kier molecular flexibility index (Phi) is 3.49. The van der Waals surface area contributed by atoms with Gasteiger partial charge in [-0.15, -0.1) is 0 Å². The first-order valence-corrected chi connectivity index (χ1v) is 6.32. The van der Waals surface area contributed by atoms with Gasteiger partial charge >= 0.3 is 0 Å². The predicted molar refractivity (Wildman–Crippen MR) is 70.9 cm³/mol. The summed E-state index contributed by atoms with van der Waals surface area (Å²) in [6.07, 6.45) is 0.702. The fourth-order valence-corrected chi connectivity index (χ4v) is 2.57. The topological polar surface area (TPSA) is 64.3 Å². The first-order chi connectivity index (χ1) is 8.88. The van der Waals surface area contributed by atoms with Gasteiger partial charge in [-0.2, -0.15) is 0 Å². The first kappa shape index (κ1) is 13.8. The highest BCUT2D eigenvalue weighted by atomic mass is 19.1. The van der Waals surface area contributed by atoms with Crippen molar-refractivity contribution in [2.75, 3.05) is 13.6 Å². The van der Waals surface area contributed by atoms with Crippen LogP contribution in [0.4, 0.5) is 4.39 Å². The summed E-state index contributed by atoms with van der Waals surface area (Å²) in [4.78, 5) is 11.9. The maximum absolute atomic E-state index is 13.7. The summed E-state index contributed by atoms with van der Waals surface area (Å²) in [5, 5.41) is 2.50. The van der Waals surface area contributed by atoms with E-state index < -0.39 is 11.4 Å². The van der Waals surface area contributed by atoms with Crippen LogP contribution < -0.4 is 15.8 Å². The molecular formula is C14H19FN2O2. The van der Waals surface area contributed by atoms with E-state index in [-0.39, 0.29) is 17.4 Å². The molecule has 0 bridgehead atoms. The Labute approximate surface area is 112 Å². The van der Waals surface area contributed by atoms with Crippen LogP contribution in [0.5, 0.6) is 5.75 Å². The molecule has 2 rings (SSSR count). The third-order valence-corrected chi connectivity index (χ3v) is 3.39. The molecule has 1 aromatic rings. The second-order valence-electron chi connectivity index (χ2n) is 5.45. The van der Waals surface area contributed by atoms with Gasteiger partial charge in [0.05, 0.1) is 5.56 Å². The molecule has 5 heteroatoms. The number of ether oxygens (including phenoxy) is 1. The lowest BCUT2D eigenvalue weighted by Crippen LogP contribution is -2.38. The number of hydrogen-bond acceptors (Lipinski definition) is 3. The molecule has 19 heavy (non-hydrogen) atoms. The molecule has 1 aliphatic rings. The van der Waals surface area contributed by atoms with Crippen LogP contribution >= 0.6 is 0 Å². The number of amides is 1. The molecule has 1 aromatic carbocycles. The van der Waals surface area contributed by atoms with E-state index in [1.165, 1.54) is 19.2 Å². The zero-order valence-electron chi connectivity index (χ0n) is 11.4. The van der Waals surface area contributed by atoms with Gasteiger partial charge in [0.1, 0.15) is 17.2 Å². The number of nitrogens with one attached hydrogen (secondary N) is 1. The highest BCUT2D eigenvalue weighted by Gasteiger charge is 2.36. The maximum Gasteiger partial charge on any atom is 0.254 e. The number of hydrogen-bond donors (Lipinski definition) is 2. The van der Waals surface area contributed by atoms with E-state index >= 15 is 0 Å². The van der Waals surface area contributed by atoms with E-state index in [2.05, 4.69) is 5.32 Å². The summed E-state index contributed by atoms with van der Waals surface area (Å²) in [5.74, 6) is -0.353. The molecule has 1 atom stereocenters. The van der Waals surface area contributed by atoms with E-state index in [0.29, 0.717) is 24.3 Å². The number of rotatable bonds is 2. The highest BCUT2D eigenvalue weighted by molar-refractivity contribution is 5.97. The Morgan fingerprint density at radius 2 is 2.26 bits per heavy atom. The molecule has 0 saturated carbocycles. The fraction of sp³-hybridized carbons (Fsp3) is 0.500. The van der Waals surface area contributed by atoms with E-state index in [9.17, 15) is 9.18 Å². The molecule has 0 spiro atoms. The Balaban J connectivity index is 2.61. The van der Waals surface area contributed by atoms with Crippen molar-refractivity contribution in [3.8, 4) is 5.75 Å². The van der Waals surface area contributed by atoms with Gasteiger partial charge in [0, 0.05) is 18.5 Å².